The number of carboxylic acids is 1. The summed E-state index contributed by atoms with van der Waals surface area (Å²) in [6, 6.07) is -0.146. The van der Waals surface area contributed by atoms with Crippen molar-refractivity contribution < 1.29 is 14.7 Å². The summed E-state index contributed by atoms with van der Waals surface area (Å²) in [5.74, 6) is 1.68. The third-order valence-corrected chi connectivity index (χ3v) is 5.73. The summed E-state index contributed by atoms with van der Waals surface area (Å²) in [4.78, 5) is 23.6. The Morgan fingerprint density at radius 3 is 2.50 bits per heavy atom. The van der Waals surface area contributed by atoms with Gasteiger partial charge in [0.1, 0.15) is 5.54 Å². The first-order chi connectivity index (χ1) is 9.55. The number of amides is 2. The molecule has 0 aromatic rings. The van der Waals surface area contributed by atoms with E-state index >= 15 is 0 Å². The van der Waals surface area contributed by atoms with E-state index in [1.165, 1.54) is 0 Å². The highest BCUT2D eigenvalue weighted by atomic mass is 32.2. The number of hydrogen-bond acceptors (Lipinski definition) is 3. The van der Waals surface area contributed by atoms with Gasteiger partial charge in [0.15, 0.2) is 0 Å². The maximum Gasteiger partial charge on any atom is 0.329 e. The Balaban J connectivity index is 1.91. The van der Waals surface area contributed by atoms with Crippen molar-refractivity contribution in [1.29, 1.82) is 0 Å². The van der Waals surface area contributed by atoms with Gasteiger partial charge in [-0.05, 0) is 43.8 Å². The number of thioether (sulfide) groups is 1. The van der Waals surface area contributed by atoms with Gasteiger partial charge in [-0.15, -0.1) is 0 Å². The van der Waals surface area contributed by atoms with E-state index in [0.29, 0.717) is 18.8 Å². The minimum absolute atomic E-state index is 0.179. The van der Waals surface area contributed by atoms with Crippen LogP contribution in [0.5, 0.6) is 0 Å². The van der Waals surface area contributed by atoms with Crippen LogP contribution in [0.15, 0.2) is 0 Å². The van der Waals surface area contributed by atoms with Gasteiger partial charge in [0.2, 0.25) is 0 Å². The van der Waals surface area contributed by atoms with Crippen LogP contribution in [0.4, 0.5) is 4.79 Å². The molecule has 2 aliphatic rings. The molecule has 3 N–H and O–H groups in total. The fourth-order valence-corrected chi connectivity index (χ4v) is 4.21. The summed E-state index contributed by atoms with van der Waals surface area (Å²) in [6.45, 7) is 2.14. The molecule has 1 saturated heterocycles. The second kappa shape index (κ2) is 6.70. The Bertz CT molecular complexity index is 361. The van der Waals surface area contributed by atoms with Gasteiger partial charge < -0.3 is 15.7 Å². The zero-order chi connectivity index (χ0) is 14.6. The molecule has 0 radical (unpaired) electrons. The van der Waals surface area contributed by atoms with Gasteiger partial charge in [0.05, 0.1) is 0 Å². The molecular formula is C14H24N2O3S. The molecule has 1 atom stereocenters. The van der Waals surface area contributed by atoms with Crippen LogP contribution < -0.4 is 10.6 Å². The normalized spacial score (nSPS) is 33.6. The summed E-state index contributed by atoms with van der Waals surface area (Å²) in [7, 11) is 0. The van der Waals surface area contributed by atoms with Crippen LogP contribution in [0.25, 0.3) is 0 Å². The maximum atomic E-state index is 12.0. The largest absolute Gasteiger partial charge is 0.480 e. The standard InChI is InChI=1S/C14H24N2O3S/c1-2-10-3-6-14(7-4-10,12(17)18)16-13(19)15-11-5-8-20-9-11/h10-11H,2-9H2,1H3,(H,17,18)(H2,15,16,19). The summed E-state index contributed by atoms with van der Waals surface area (Å²) >= 11 is 1.82. The molecule has 5 nitrogen and oxygen atoms in total. The van der Waals surface area contributed by atoms with E-state index in [1.54, 1.807) is 0 Å². The molecule has 1 saturated carbocycles. The average molecular weight is 300 g/mol. The highest BCUT2D eigenvalue weighted by molar-refractivity contribution is 7.99. The number of carbonyl (C=O) groups is 2. The number of carboxylic acid groups (broad SMARTS) is 1. The number of carbonyl (C=O) groups excluding carboxylic acids is 1. The topological polar surface area (TPSA) is 78.4 Å². The van der Waals surface area contributed by atoms with Gasteiger partial charge in [-0.1, -0.05) is 13.3 Å². The predicted octanol–water partition coefficient (Wildman–Crippen LogP) is 2.21. The van der Waals surface area contributed by atoms with E-state index < -0.39 is 11.5 Å². The Labute approximate surface area is 124 Å². The number of hydrogen-bond donors (Lipinski definition) is 3. The average Bonchev–Trinajstić information content (AvgIpc) is 2.92. The van der Waals surface area contributed by atoms with Crippen molar-refractivity contribution in [2.45, 2.75) is 57.0 Å². The lowest BCUT2D eigenvalue weighted by Crippen LogP contribution is -2.59. The van der Waals surface area contributed by atoms with Gasteiger partial charge in [-0.2, -0.15) is 11.8 Å². The first-order valence-corrected chi connectivity index (χ1v) is 8.61. The molecular weight excluding hydrogens is 276 g/mol. The van der Waals surface area contributed by atoms with Gasteiger partial charge >= 0.3 is 12.0 Å². The Hall–Kier alpha value is -0.910. The highest BCUT2D eigenvalue weighted by Crippen LogP contribution is 2.34. The first kappa shape index (κ1) is 15.5. The van der Waals surface area contributed by atoms with Crippen LogP contribution in [0.1, 0.15) is 45.4 Å². The molecule has 1 aliphatic heterocycles. The monoisotopic (exact) mass is 300 g/mol. The molecule has 2 amide bonds. The van der Waals surface area contributed by atoms with Crippen molar-refractivity contribution in [3.05, 3.63) is 0 Å². The highest BCUT2D eigenvalue weighted by Gasteiger charge is 2.43. The molecule has 0 spiro atoms. The summed E-state index contributed by atoms with van der Waals surface area (Å²) < 4.78 is 0. The summed E-state index contributed by atoms with van der Waals surface area (Å²) in [5.41, 5.74) is -1.07. The molecule has 0 aromatic carbocycles. The molecule has 1 aliphatic carbocycles. The molecule has 1 heterocycles. The molecule has 114 valence electrons. The SMILES string of the molecule is CCC1CCC(NC(=O)NC2CCSC2)(C(=O)O)CC1. The van der Waals surface area contributed by atoms with Gasteiger partial charge in [0, 0.05) is 11.8 Å². The molecule has 0 aromatic heterocycles. The lowest BCUT2D eigenvalue weighted by atomic mass is 9.75. The van der Waals surface area contributed by atoms with Crippen molar-refractivity contribution in [3.8, 4) is 0 Å². The zero-order valence-corrected chi connectivity index (χ0v) is 12.8. The van der Waals surface area contributed by atoms with E-state index in [1.807, 2.05) is 11.8 Å². The van der Waals surface area contributed by atoms with E-state index in [4.69, 9.17) is 0 Å². The quantitative estimate of drug-likeness (QED) is 0.744. The van der Waals surface area contributed by atoms with E-state index in [0.717, 1.165) is 37.2 Å². The molecule has 20 heavy (non-hydrogen) atoms. The van der Waals surface area contributed by atoms with E-state index in [-0.39, 0.29) is 12.1 Å². The van der Waals surface area contributed by atoms with E-state index in [9.17, 15) is 14.7 Å². The second-order valence-corrected chi connectivity index (χ2v) is 7.05. The lowest BCUT2D eigenvalue weighted by Gasteiger charge is -2.37. The smallest absolute Gasteiger partial charge is 0.329 e. The van der Waals surface area contributed by atoms with Crippen LogP contribution >= 0.6 is 11.8 Å². The van der Waals surface area contributed by atoms with Crippen LogP contribution in [-0.2, 0) is 4.79 Å². The zero-order valence-electron chi connectivity index (χ0n) is 12.0. The van der Waals surface area contributed by atoms with Crippen molar-refractivity contribution in [1.82, 2.24) is 10.6 Å². The second-order valence-electron chi connectivity index (χ2n) is 5.90. The van der Waals surface area contributed by atoms with Crippen molar-refractivity contribution in [3.63, 3.8) is 0 Å². The van der Waals surface area contributed by atoms with Gasteiger partial charge in [-0.25, -0.2) is 9.59 Å². The van der Waals surface area contributed by atoms with Crippen molar-refractivity contribution >= 4 is 23.8 Å². The van der Waals surface area contributed by atoms with Crippen LogP contribution in [0.3, 0.4) is 0 Å². The molecule has 1 unspecified atom stereocenters. The third-order valence-electron chi connectivity index (χ3n) is 4.56. The third kappa shape index (κ3) is 3.59. The Kier molecular flexibility index (Phi) is 5.18. The van der Waals surface area contributed by atoms with Crippen molar-refractivity contribution in [2.24, 2.45) is 5.92 Å². The van der Waals surface area contributed by atoms with Gasteiger partial charge in [-0.3, -0.25) is 0 Å². The van der Waals surface area contributed by atoms with Crippen LogP contribution in [0, 0.1) is 5.92 Å². The molecule has 2 rings (SSSR count). The summed E-state index contributed by atoms with van der Waals surface area (Å²) in [5, 5.41) is 15.2. The molecule has 6 heteroatoms. The minimum atomic E-state index is -1.07. The number of rotatable bonds is 4. The van der Waals surface area contributed by atoms with Crippen LogP contribution in [-0.4, -0.2) is 40.2 Å². The van der Waals surface area contributed by atoms with Crippen molar-refractivity contribution in [2.75, 3.05) is 11.5 Å². The number of nitrogens with one attached hydrogen (secondary N) is 2. The van der Waals surface area contributed by atoms with Crippen LogP contribution in [0.2, 0.25) is 0 Å². The van der Waals surface area contributed by atoms with Gasteiger partial charge in [0.25, 0.3) is 0 Å². The minimum Gasteiger partial charge on any atom is -0.480 e. The molecule has 2 fully saturated rings. The fourth-order valence-electron chi connectivity index (χ4n) is 3.06. The number of urea groups is 1. The fraction of sp³-hybridized carbons (Fsp3) is 0.857. The maximum absolute atomic E-state index is 12.0. The van der Waals surface area contributed by atoms with E-state index in [2.05, 4.69) is 17.6 Å². The lowest BCUT2D eigenvalue weighted by molar-refractivity contribution is -0.146. The Morgan fingerprint density at radius 1 is 1.30 bits per heavy atom. The number of aliphatic carboxylic acids is 1. The predicted molar refractivity (Wildman–Crippen MR) is 80.0 cm³/mol. The first-order valence-electron chi connectivity index (χ1n) is 7.45. The summed E-state index contributed by atoms with van der Waals surface area (Å²) in [6.07, 6.45) is 4.88. The Morgan fingerprint density at radius 2 is 2.00 bits per heavy atom. The molecule has 0 bridgehead atoms.